The van der Waals surface area contributed by atoms with Crippen LogP contribution in [-0.4, -0.2) is 29.5 Å². The first-order valence-corrected chi connectivity index (χ1v) is 7.17. The molecule has 96 valence electrons. The molecule has 1 unspecified atom stereocenters. The summed E-state index contributed by atoms with van der Waals surface area (Å²) in [5.74, 6) is 0.713. The van der Waals surface area contributed by atoms with Crippen molar-refractivity contribution in [3.8, 4) is 0 Å². The van der Waals surface area contributed by atoms with Crippen molar-refractivity contribution in [3.05, 3.63) is 36.0 Å². The number of piperidine rings is 1. The lowest BCUT2D eigenvalue weighted by Gasteiger charge is -2.33. The van der Waals surface area contributed by atoms with Gasteiger partial charge in [0.05, 0.1) is 0 Å². The van der Waals surface area contributed by atoms with E-state index in [1.165, 1.54) is 55.4 Å². The molecule has 1 atom stereocenters. The third-order valence-corrected chi connectivity index (χ3v) is 4.11. The highest BCUT2D eigenvalue weighted by atomic mass is 15.1. The van der Waals surface area contributed by atoms with E-state index < -0.39 is 0 Å². The fourth-order valence-electron chi connectivity index (χ4n) is 3.29. The summed E-state index contributed by atoms with van der Waals surface area (Å²) < 4.78 is 0. The molecular formula is C16H22N2. The Balaban J connectivity index is 1.87. The van der Waals surface area contributed by atoms with Crippen molar-refractivity contribution >= 4 is 10.9 Å². The van der Waals surface area contributed by atoms with Gasteiger partial charge in [0.15, 0.2) is 0 Å². The number of benzene rings is 1. The van der Waals surface area contributed by atoms with Gasteiger partial charge in [0.2, 0.25) is 0 Å². The number of aromatic nitrogens is 1. The van der Waals surface area contributed by atoms with Crippen molar-refractivity contribution in [1.29, 1.82) is 0 Å². The molecule has 0 spiro atoms. The van der Waals surface area contributed by atoms with Crippen molar-refractivity contribution in [3.63, 3.8) is 0 Å². The van der Waals surface area contributed by atoms with Gasteiger partial charge in [-0.15, -0.1) is 0 Å². The summed E-state index contributed by atoms with van der Waals surface area (Å²) >= 11 is 0. The van der Waals surface area contributed by atoms with Crippen molar-refractivity contribution in [2.24, 2.45) is 0 Å². The molecule has 2 nitrogen and oxygen atoms in total. The zero-order valence-corrected chi connectivity index (χ0v) is 11.2. The lowest BCUT2D eigenvalue weighted by Crippen LogP contribution is -2.34. The number of hydrogen-bond donors (Lipinski definition) is 1. The fourth-order valence-corrected chi connectivity index (χ4v) is 3.29. The monoisotopic (exact) mass is 242 g/mol. The number of rotatable bonds is 3. The first kappa shape index (κ1) is 11.8. The molecule has 1 aliphatic rings. The Morgan fingerprint density at radius 1 is 1.33 bits per heavy atom. The van der Waals surface area contributed by atoms with Gasteiger partial charge in [-0.25, -0.2) is 0 Å². The van der Waals surface area contributed by atoms with Crippen LogP contribution < -0.4 is 0 Å². The Kier molecular flexibility index (Phi) is 3.37. The molecule has 0 bridgehead atoms. The summed E-state index contributed by atoms with van der Waals surface area (Å²) in [6.45, 7) is 6.04. The van der Waals surface area contributed by atoms with Gasteiger partial charge in [-0.1, -0.05) is 19.1 Å². The standard InChI is InChI=1S/C16H22N2/c1-2-10-18-11-4-5-13(12-18)14-6-3-7-16-15(14)8-9-17-16/h3,6-9,13,17H,2,4-5,10-12H2,1H3. The molecule has 2 aromatic rings. The molecule has 1 fully saturated rings. The highest BCUT2D eigenvalue weighted by molar-refractivity contribution is 5.83. The molecule has 1 saturated heterocycles. The van der Waals surface area contributed by atoms with E-state index in [-0.39, 0.29) is 0 Å². The predicted octanol–water partition coefficient (Wildman–Crippen LogP) is 3.76. The molecule has 18 heavy (non-hydrogen) atoms. The molecule has 1 aliphatic heterocycles. The minimum atomic E-state index is 0.713. The van der Waals surface area contributed by atoms with Crippen LogP contribution in [0.3, 0.4) is 0 Å². The van der Waals surface area contributed by atoms with Gasteiger partial charge in [-0.2, -0.15) is 0 Å². The molecule has 1 aromatic heterocycles. The molecule has 0 radical (unpaired) electrons. The number of nitrogens with one attached hydrogen (secondary N) is 1. The Labute approximate surface area is 109 Å². The molecule has 1 N–H and O–H groups in total. The van der Waals surface area contributed by atoms with Crippen LogP contribution in [0.4, 0.5) is 0 Å². The van der Waals surface area contributed by atoms with Crippen LogP contribution >= 0.6 is 0 Å². The molecule has 2 heteroatoms. The highest BCUT2D eigenvalue weighted by Crippen LogP contribution is 2.31. The van der Waals surface area contributed by atoms with Crippen LogP contribution in [0, 0.1) is 0 Å². The van der Waals surface area contributed by atoms with E-state index >= 15 is 0 Å². The van der Waals surface area contributed by atoms with E-state index in [1.54, 1.807) is 0 Å². The fraction of sp³-hybridized carbons (Fsp3) is 0.500. The minimum absolute atomic E-state index is 0.713. The number of likely N-dealkylation sites (tertiary alicyclic amines) is 1. The quantitative estimate of drug-likeness (QED) is 0.868. The van der Waals surface area contributed by atoms with Crippen LogP contribution in [0.2, 0.25) is 0 Å². The molecule has 0 saturated carbocycles. The van der Waals surface area contributed by atoms with Crippen LogP contribution in [0.5, 0.6) is 0 Å². The van der Waals surface area contributed by atoms with Crippen LogP contribution in [0.25, 0.3) is 10.9 Å². The van der Waals surface area contributed by atoms with Crippen molar-refractivity contribution in [2.75, 3.05) is 19.6 Å². The SMILES string of the molecule is CCCN1CCCC(c2cccc3[nH]ccc23)C1. The van der Waals surface area contributed by atoms with E-state index in [1.807, 2.05) is 0 Å². The second-order valence-corrected chi connectivity index (χ2v) is 5.43. The third kappa shape index (κ3) is 2.17. The second-order valence-electron chi connectivity index (χ2n) is 5.43. The largest absolute Gasteiger partial charge is 0.361 e. The highest BCUT2D eigenvalue weighted by Gasteiger charge is 2.22. The Hall–Kier alpha value is -1.28. The second kappa shape index (κ2) is 5.15. The zero-order valence-electron chi connectivity index (χ0n) is 11.2. The van der Waals surface area contributed by atoms with Gasteiger partial charge < -0.3 is 9.88 Å². The molecule has 0 aliphatic carbocycles. The average Bonchev–Trinajstić information content (AvgIpc) is 2.87. The molecule has 3 rings (SSSR count). The minimum Gasteiger partial charge on any atom is -0.361 e. The maximum absolute atomic E-state index is 3.32. The van der Waals surface area contributed by atoms with Crippen molar-refractivity contribution in [1.82, 2.24) is 9.88 Å². The maximum atomic E-state index is 3.32. The lowest BCUT2D eigenvalue weighted by atomic mass is 9.88. The summed E-state index contributed by atoms with van der Waals surface area (Å²) in [7, 11) is 0. The number of fused-ring (bicyclic) bond motifs is 1. The van der Waals surface area contributed by atoms with Crippen molar-refractivity contribution in [2.45, 2.75) is 32.1 Å². The number of aromatic amines is 1. The summed E-state index contributed by atoms with van der Waals surface area (Å²) in [5.41, 5.74) is 2.81. The van der Waals surface area contributed by atoms with Crippen LogP contribution in [0.1, 0.15) is 37.7 Å². The van der Waals surface area contributed by atoms with E-state index in [0.717, 1.165) is 0 Å². The van der Waals surface area contributed by atoms with Crippen LogP contribution in [0.15, 0.2) is 30.5 Å². The lowest BCUT2D eigenvalue weighted by molar-refractivity contribution is 0.209. The maximum Gasteiger partial charge on any atom is 0.0456 e. The smallest absolute Gasteiger partial charge is 0.0456 e. The van der Waals surface area contributed by atoms with Gasteiger partial charge in [0, 0.05) is 23.6 Å². The van der Waals surface area contributed by atoms with E-state index in [4.69, 9.17) is 0 Å². The van der Waals surface area contributed by atoms with E-state index in [0.29, 0.717) is 5.92 Å². The number of hydrogen-bond acceptors (Lipinski definition) is 1. The number of H-pyrrole nitrogens is 1. The normalized spacial score (nSPS) is 21.5. The summed E-state index contributed by atoms with van der Waals surface area (Å²) in [4.78, 5) is 5.95. The van der Waals surface area contributed by atoms with Gasteiger partial charge >= 0.3 is 0 Å². The van der Waals surface area contributed by atoms with Gasteiger partial charge in [-0.05, 0) is 56.0 Å². The third-order valence-electron chi connectivity index (χ3n) is 4.11. The first-order chi connectivity index (χ1) is 8.88. The van der Waals surface area contributed by atoms with E-state index in [9.17, 15) is 0 Å². The topological polar surface area (TPSA) is 19.0 Å². The van der Waals surface area contributed by atoms with E-state index in [2.05, 4.69) is 47.3 Å². The molecular weight excluding hydrogens is 220 g/mol. The summed E-state index contributed by atoms with van der Waals surface area (Å²) in [6, 6.07) is 8.90. The molecule has 0 amide bonds. The Bertz CT molecular complexity index is 513. The zero-order chi connectivity index (χ0) is 12.4. The molecule has 1 aromatic carbocycles. The van der Waals surface area contributed by atoms with Gasteiger partial charge in [0.25, 0.3) is 0 Å². The Morgan fingerprint density at radius 3 is 3.17 bits per heavy atom. The molecule has 2 heterocycles. The predicted molar refractivity (Wildman–Crippen MR) is 77.0 cm³/mol. The average molecular weight is 242 g/mol. The van der Waals surface area contributed by atoms with Gasteiger partial charge in [-0.3, -0.25) is 0 Å². The van der Waals surface area contributed by atoms with Gasteiger partial charge in [0.1, 0.15) is 0 Å². The first-order valence-electron chi connectivity index (χ1n) is 7.17. The number of nitrogens with zero attached hydrogens (tertiary/aromatic N) is 1. The summed E-state index contributed by atoms with van der Waals surface area (Å²) in [5, 5.41) is 1.42. The Morgan fingerprint density at radius 2 is 2.28 bits per heavy atom. The van der Waals surface area contributed by atoms with Crippen molar-refractivity contribution < 1.29 is 0 Å². The summed E-state index contributed by atoms with van der Waals surface area (Å²) in [6.07, 6.45) is 6.00. The van der Waals surface area contributed by atoms with Crippen LogP contribution in [-0.2, 0) is 0 Å².